The third-order valence-electron chi connectivity index (χ3n) is 4.66. The molecule has 0 radical (unpaired) electrons. The van der Waals surface area contributed by atoms with E-state index < -0.39 is 0 Å². The molecule has 3 atom stereocenters. The Morgan fingerprint density at radius 3 is 2.62 bits per heavy atom. The second kappa shape index (κ2) is 4.66. The summed E-state index contributed by atoms with van der Waals surface area (Å²) in [6.07, 6.45) is 4.10. The Kier molecular flexibility index (Phi) is 3.60. The van der Waals surface area contributed by atoms with Crippen molar-refractivity contribution in [2.24, 2.45) is 11.3 Å². The fourth-order valence-corrected chi connectivity index (χ4v) is 3.46. The molecule has 0 aromatic heterocycles. The summed E-state index contributed by atoms with van der Waals surface area (Å²) in [5, 5.41) is 3.73. The van der Waals surface area contributed by atoms with Crippen LogP contribution in [0.4, 0.5) is 0 Å². The predicted octanol–water partition coefficient (Wildman–Crippen LogP) is 2.49. The summed E-state index contributed by atoms with van der Waals surface area (Å²) in [5.41, 5.74) is 0.476. The molecule has 2 heteroatoms. The van der Waals surface area contributed by atoms with Crippen LogP contribution >= 0.6 is 0 Å². The molecule has 3 unspecified atom stereocenters. The lowest BCUT2D eigenvalue weighted by atomic mass is 9.77. The first-order valence-electron chi connectivity index (χ1n) is 6.96. The van der Waals surface area contributed by atoms with Crippen molar-refractivity contribution in [3.63, 3.8) is 0 Å². The van der Waals surface area contributed by atoms with Crippen LogP contribution in [-0.4, -0.2) is 36.6 Å². The maximum absolute atomic E-state index is 3.73. The van der Waals surface area contributed by atoms with Crippen molar-refractivity contribution in [2.75, 3.05) is 19.6 Å². The van der Waals surface area contributed by atoms with Gasteiger partial charge >= 0.3 is 0 Å². The lowest BCUT2D eigenvalue weighted by Crippen LogP contribution is -2.53. The van der Waals surface area contributed by atoms with Crippen LogP contribution in [0.2, 0.25) is 0 Å². The molecule has 2 rings (SSSR count). The molecule has 2 saturated heterocycles. The predicted molar refractivity (Wildman–Crippen MR) is 69.6 cm³/mol. The van der Waals surface area contributed by atoms with Crippen molar-refractivity contribution in [3.8, 4) is 0 Å². The minimum Gasteiger partial charge on any atom is -0.312 e. The van der Waals surface area contributed by atoms with Crippen LogP contribution in [0.25, 0.3) is 0 Å². The Bertz CT molecular complexity index is 237. The molecule has 0 aliphatic carbocycles. The van der Waals surface area contributed by atoms with Gasteiger partial charge in [0.2, 0.25) is 0 Å². The molecule has 0 spiro atoms. The SMILES string of the molecule is CC1CC(C)N(CC2NCCCC2(C)C)C1. The zero-order chi connectivity index (χ0) is 11.8. The molecular formula is C14H28N2. The lowest BCUT2D eigenvalue weighted by molar-refractivity contribution is 0.122. The van der Waals surface area contributed by atoms with Crippen molar-refractivity contribution < 1.29 is 0 Å². The fraction of sp³-hybridized carbons (Fsp3) is 1.00. The summed E-state index contributed by atoms with van der Waals surface area (Å²) in [4.78, 5) is 2.69. The maximum atomic E-state index is 3.73. The van der Waals surface area contributed by atoms with Crippen molar-refractivity contribution in [3.05, 3.63) is 0 Å². The van der Waals surface area contributed by atoms with Gasteiger partial charge in [-0.05, 0) is 44.1 Å². The monoisotopic (exact) mass is 224 g/mol. The largest absolute Gasteiger partial charge is 0.312 e. The van der Waals surface area contributed by atoms with Gasteiger partial charge < -0.3 is 5.32 Å². The topological polar surface area (TPSA) is 15.3 Å². The molecule has 2 aliphatic heterocycles. The van der Waals surface area contributed by atoms with Crippen LogP contribution < -0.4 is 5.32 Å². The van der Waals surface area contributed by atoms with Crippen LogP contribution in [0, 0.1) is 11.3 Å². The standard InChI is InChI=1S/C14H28N2/c1-11-8-12(2)16(9-11)10-13-14(3,4)6-5-7-15-13/h11-13,15H,5-10H2,1-4H3. The van der Waals surface area contributed by atoms with Gasteiger partial charge in [-0.25, -0.2) is 0 Å². The van der Waals surface area contributed by atoms with E-state index in [9.17, 15) is 0 Å². The zero-order valence-corrected chi connectivity index (χ0v) is 11.4. The zero-order valence-electron chi connectivity index (χ0n) is 11.4. The molecule has 2 aliphatic rings. The molecule has 0 amide bonds. The summed E-state index contributed by atoms with van der Waals surface area (Å²) in [6, 6.07) is 1.48. The first kappa shape index (κ1) is 12.4. The van der Waals surface area contributed by atoms with E-state index in [1.807, 2.05) is 0 Å². The molecule has 1 N–H and O–H groups in total. The Balaban J connectivity index is 1.93. The smallest absolute Gasteiger partial charge is 0.0246 e. The van der Waals surface area contributed by atoms with Crippen molar-refractivity contribution in [1.29, 1.82) is 0 Å². The minimum atomic E-state index is 0.476. The van der Waals surface area contributed by atoms with E-state index in [1.165, 1.54) is 38.9 Å². The summed E-state index contributed by atoms with van der Waals surface area (Å²) >= 11 is 0. The maximum Gasteiger partial charge on any atom is 0.0246 e. The molecule has 0 aromatic carbocycles. The van der Waals surface area contributed by atoms with Crippen LogP contribution in [0.1, 0.15) is 47.0 Å². The number of rotatable bonds is 2. The quantitative estimate of drug-likeness (QED) is 0.775. The number of hydrogen-bond donors (Lipinski definition) is 1. The van der Waals surface area contributed by atoms with Crippen LogP contribution in [0.3, 0.4) is 0 Å². The van der Waals surface area contributed by atoms with Gasteiger partial charge in [0.1, 0.15) is 0 Å². The number of nitrogens with one attached hydrogen (secondary N) is 1. The van der Waals surface area contributed by atoms with Crippen molar-refractivity contribution in [2.45, 2.75) is 59.0 Å². The first-order chi connectivity index (χ1) is 7.49. The van der Waals surface area contributed by atoms with E-state index >= 15 is 0 Å². The lowest BCUT2D eigenvalue weighted by Gasteiger charge is -2.42. The first-order valence-corrected chi connectivity index (χ1v) is 6.96. The number of nitrogens with zero attached hydrogens (tertiary/aromatic N) is 1. The van der Waals surface area contributed by atoms with Gasteiger partial charge in [0, 0.05) is 25.2 Å². The summed E-state index contributed by atoms with van der Waals surface area (Å²) < 4.78 is 0. The Hall–Kier alpha value is -0.0800. The minimum absolute atomic E-state index is 0.476. The Morgan fingerprint density at radius 2 is 2.06 bits per heavy atom. The van der Waals surface area contributed by atoms with Crippen molar-refractivity contribution in [1.82, 2.24) is 10.2 Å². The van der Waals surface area contributed by atoms with Crippen molar-refractivity contribution >= 4 is 0 Å². The highest BCUT2D eigenvalue weighted by molar-refractivity contribution is 4.92. The summed E-state index contributed by atoms with van der Waals surface area (Å²) in [7, 11) is 0. The number of hydrogen-bond acceptors (Lipinski definition) is 2. The van der Waals surface area contributed by atoms with E-state index in [2.05, 4.69) is 37.9 Å². The van der Waals surface area contributed by atoms with E-state index in [0.29, 0.717) is 11.5 Å². The van der Waals surface area contributed by atoms with E-state index in [0.717, 1.165) is 12.0 Å². The Labute approximate surface area is 101 Å². The van der Waals surface area contributed by atoms with Crippen LogP contribution in [0.5, 0.6) is 0 Å². The van der Waals surface area contributed by atoms with E-state index in [1.54, 1.807) is 0 Å². The van der Waals surface area contributed by atoms with Gasteiger partial charge in [-0.1, -0.05) is 20.8 Å². The van der Waals surface area contributed by atoms with Gasteiger partial charge in [0.25, 0.3) is 0 Å². The third-order valence-corrected chi connectivity index (χ3v) is 4.66. The molecule has 0 saturated carbocycles. The second-order valence-electron chi connectivity index (χ2n) is 6.74. The van der Waals surface area contributed by atoms with Crippen LogP contribution in [0.15, 0.2) is 0 Å². The fourth-order valence-electron chi connectivity index (χ4n) is 3.46. The highest BCUT2D eigenvalue weighted by Crippen LogP contribution is 2.32. The van der Waals surface area contributed by atoms with Gasteiger partial charge in [0.05, 0.1) is 0 Å². The number of likely N-dealkylation sites (tertiary alicyclic amines) is 1. The van der Waals surface area contributed by atoms with Gasteiger partial charge in [0.15, 0.2) is 0 Å². The molecule has 94 valence electrons. The highest BCUT2D eigenvalue weighted by Gasteiger charge is 2.36. The molecular weight excluding hydrogens is 196 g/mol. The van der Waals surface area contributed by atoms with Gasteiger partial charge in [-0.15, -0.1) is 0 Å². The average Bonchev–Trinajstić information content (AvgIpc) is 2.49. The molecule has 0 aromatic rings. The molecule has 0 bridgehead atoms. The Morgan fingerprint density at radius 1 is 1.31 bits per heavy atom. The summed E-state index contributed by atoms with van der Waals surface area (Å²) in [5.74, 6) is 0.890. The van der Waals surface area contributed by atoms with E-state index in [-0.39, 0.29) is 0 Å². The highest BCUT2D eigenvalue weighted by atomic mass is 15.2. The normalized spacial score (nSPS) is 40.1. The average molecular weight is 224 g/mol. The van der Waals surface area contributed by atoms with E-state index in [4.69, 9.17) is 0 Å². The molecule has 2 heterocycles. The van der Waals surface area contributed by atoms with Gasteiger partial charge in [-0.2, -0.15) is 0 Å². The van der Waals surface area contributed by atoms with Gasteiger partial charge in [-0.3, -0.25) is 4.90 Å². The number of piperidine rings is 1. The molecule has 16 heavy (non-hydrogen) atoms. The summed E-state index contributed by atoms with van der Waals surface area (Å²) in [6.45, 7) is 13.4. The third kappa shape index (κ3) is 2.60. The van der Waals surface area contributed by atoms with Crippen LogP contribution in [-0.2, 0) is 0 Å². The molecule has 2 nitrogen and oxygen atoms in total. The molecule has 2 fully saturated rings. The second-order valence-corrected chi connectivity index (χ2v) is 6.74.